The quantitative estimate of drug-likeness (QED) is 0.838. The highest BCUT2D eigenvalue weighted by atomic mass is 32.2. The van der Waals surface area contributed by atoms with Crippen molar-refractivity contribution >= 4 is 11.8 Å². The molecule has 96 valence electrons. The monoisotopic (exact) mass is 262 g/mol. The second-order valence-electron chi connectivity index (χ2n) is 4.38. The van der Waals surface area contributed by atoms with E-state index in [2.05, 4.69) is 11.0 Å². The lowest BCUT2D eigenvalue weighted by Crippen LogP contribution is -2.25. The fourth-order valence-electron chi connectivity index (χ4n) is 2.17. The maximum absolute atomic E-state index is 8.97. The smallest absolute Gasteiger partial charge is 0.123 e. The first-order valence-corrected chi connectivity index (χ1v) is 7.36. The van der Waals surface area contributed by atoms with E-state index >= 15 is 0 Å². The van der Waals surface area contributed by atoms with Crippen LogP contribution in [-0.4, -0.2) is 36.6 Å². The van der Waals surface area contributed by atoms with Gasteiger partial charge in [-0.25, -0.2) is 0 Å². The average molecular weight is 262 g/mol. The number of thioether (sulfide) groups is 1. The number of hydrogen-bond acceptors (Lipinski definition) is 4. The molecule has 2 rings (SSSR count). The molecule has 0 bridgehead atoms. The zero-order valence-electron chi connectivity index (χ0n) is 10.7. The van der Waals surface area contributed by atoms with Crippen molar-refractivity contribution in [3.63, 3.8) is 0 Å². The van der Waals surface area contributed by atoms with E-state index in [1.54, 1.807) is 13.2 Å². The molecule has 0 N–H and O–H groups in total. The van der Waals surface area contributed by atoms with Crippen LogP contribution in [0.25, 0.3) is 0 Å². The molecule has 0 amide bonds. The normalized spacial score (nSPS) is 16.9. The van der Waals surface area contributed by atoms with Crippen molar-refractivity contribution in [2.24, 2.45) is 0 Å². The summed E-state index contributed by atoms with van der Waals surface area (Å²) in [6.07, 6.45) is 1.24. The molecule has 1 heterocycles. The maximum atomic E-state index is 8.97. The predicted molar refractivity (Wildman–Crippen MR) is 74.9 cm³/mol. The van der Waals surface area contributed by atoms with Crippen molar-refractivity contribution in [1.29, 1.82) is 5.26 Å². The van der Waals surface area contributed by atoms with Gasteiger partial charge in [-0.2, -0.15) is 17.0 Å². The van der Waals surface area contributed by atoms with Gasteiger partial charge in [0.25, 0.3) is 0 Å². The van der Waals surface area contributed by atoms with Crippen molar-refractivity contribution in [2.45, 2.75) is 13.0 Å². The Morgan fingerprint density at radius 3 is 3.06 bits per heavy atom. The molecule has 0 saturated carbocycles. The van der Waals surface area contributed by atoms with Crippen LogP contribution >= 0.6 is 11.8 Å². The van der Waals surface area contributed by atoms with Gasteiger partial charge < -0.3 is 4.74 Å². The molecule has 0 atom stereocenters. The molecule has 3 nitrogen and oxygen atoms in total. The minimum absolute atomic E-state index is 0.704. The van der Waals surface area contributed by atoms with Crippen molar-refractivity contribution in [1.82, 2.24) is 4.90 Å². The van der Waals surface area contributed by atoms with Crippen molar-refractivity contribution in [3.8, 4) is 11.8 Å². The Bertz CT molecular complexity index is 434. The Balaban J connectivity index is 2.13. The number of rotatable bonds is 3. The second kappa shape index (κ2) is 6.67. The van der Waals surface area contributed by atoms with Gasteiger partial charge in [-0.05, 0) is 36.9 Å². The summed E-state index contributed by atoms with van der Waals surface area (Å²) in [4.78, 5) is 2.44. The lowest BCUT2D eigenvalue weighted by atomic mass is 10.1. The van der Waals surface area contributed by atoms with Gasteiger partial charge in [0.05, 0.1) is 18.7 Å². The van der Waals surface area contributed by atoms with Gasteiger partial charge in [0, 0.05) is 24.4 Å². The van der Waals surface area contributed by atoms with Gasteiger partial charge in [-0.3, -0.25) is 4.90 Å². The van der Waals surface area contributed by atoms with Crippen LogP contribution in [0.2, 0.25) is 0 Å². The molecule has 0 radical (unpaired) electrons. The van der Waals surface area contributed by atoms with Gasteiger partial charge in [-0.1, -0.05) is 0 Å². The van der Waals surface area contributed by atoms with Crippen LogP contribution in [0.3, 0.4) is 0 Å². The summed E-state index contributed by atoms with van der Waals surface area (Å²) in [6, 6.07) is 7.83. The zero-order valence-corrected chi connectivity index (χ0v) is 11.5. The van der Waals surface area contributed by atoms with E-state index < -0.39 is 0 Å². The molecule has 18 heavy (non-hydrogen) atoms. The molecule has 0 unspecified atom stereocenters. The van der Waals surface area contributed by atoms with E-state index in [4.69, 9.17) is 10.00 Å². The molecule has 4 heteroatoms. The van der Waals surface area contributed by atoms with Gasteiger partial charge >= 0.3 is 0 Å². The zero-order chi connectivity index (χ0) is 12.8. The maximum Gasteiger partial charge on any atom is 0.123 e. The SMILES string of the molecule is COc1ccc(C#N)cc1CN1CCCSCC1. The molecule has 0 aromatic heterocycles. The standard InChI is InChI=1S/C14H18N2OS/c1-17-14-4-3-12(10-15)9-13(14)11-16-5-2-7-18-8-6-16/h3-4,9H,2,5-8,11H2,1H3. The van der Waals surface area contributed by atoms with Crippen LogP contribution in [0.15, 0.2) is 18.2 Å². The summed E-state index contributed by atoms with van der Waals surface area (Å²) >= 11 is 2.02. The summed E-state index contributed by atoms with van der Waals surface area (Å²) < 4.78 is 5.38. The second-order valence-corrected chi connectivity index (χ2v) is 5.61. The van der Waals surface area contributed by atoms with Gasteiger partial charge in [0.15, 0.2) is 0 Å². The molecular weight excluding hydrogens is 244 g/mol. The lowest BCUT2D eigenvalue weighted by molar-refractivity contribution is 0.281. The van der Waals surface area contributed by atoms with Crippen LogP contribution in [0.4, 0.5) is 0 Å². The minimum Gasteiger partial charge on any atom is -0.496 e. The Labute approximate surface area is 113 Å². The minimum atomic E-state index is 0.704. The molecule has 1 fully saturated rings. The molecule has 0 spiro atoms. The third-order valence-electron chi connectivity index (χ3n) is 3.12. The summed E-state index contributed by atoms with van der Waals surface area (Å²) in [7, 11) is 1.68. The van der Waals surface area contributed by atoms with E-state index in [0.29, 0.717) is 5.56 Å². The number of benzene rings is 1. The van der Waals surface area contributed by atoms with Gasteiger partial charge in [-0.15, -0.1) is 0 Å². The highest BCUT2D eigenvalue weighted by Gasteiger charge is 2.12. The summed E-state index contributed by atoms with van der Waals surface area (Å²) in [5.74, 6) is 3.33. The molecule has 0 aliphatic carbocycles. The van der Waals surface area contributed by atoms with Crippen LogP contribution in [-0.2, 0) is 6.54 Å². The first-order chi connectivity index (χ1) is 8.83. The fraction of sp³-hybridized carbons (Fsp3) is 0.500. The van der Waals surface area contributed by atoms with E-state index in [0.717, 1.165) is 30.9 Å². The lowest BCUT2D eigenvalue weighted by Gasteiger charge is -2.20. The number of ether oxygens (including phenoxy) is 1. The Hall–Kier alpha value is -1.18. The Morgan fingerprint density at radius 1 is 1.39 bits per heavy atom. The van der Waals surface area contributed by atoms with E-state index in [9.17, 15) is 0 Å². The third-order valence-corrected chi connectivity index (χ3v) is 4.17. The van der Waals surface area contributed by atoms with E-state index in [-0.39, 0.29) is 0 Å². The molecule has 1 aliphatic heterocycles. The third kappa shape index (κ3) is 3.41. The number of nitriles is 1. The predicted octanol–water partition coefficient (Wildman–Crippen LogP) is 2.51. The molecular formula is C14H18N2OS. The van der Waals surface area contributed by atoms with Gasteiger partial charge in [0.1, 0.15) is 5.75 Å². The van der Waals surface area contributed by atoms with Crippen molar-refractivity contribution in [3.05, 3.63) is 29.3 Å². The number of methoxy groups -OCH3 is 1. The van der Waals surface area contributed by atoms with E-state index in [1.165, 1.54) is 17.9 Å². The van der Waals surface area contributed by atoms with Crippen LogP contribution < -0.4 is 4.74 Å². The topological polar surface area (TPSA) is 36.3 Å². The largest absolute Gasteiger partial charge is 0.496 e. The first kappa shape index (κ1) is 13.3. The number of nitrogens with zero attached hydrogens (tertiary/aromatic N) is 2. The van der Waals surface area contributed by atoms with Crippen molar-refractivity contribution in [2.75, 3.05) is 31.7 Å². The molecule has 1 aliphatic rings. The average Bonchev–Trinajstić information content (AvgIpc) is 2.67. The van der Waals surface area contributed by atoms with Crippen molar-refractivity contribution < 1.29 is 4.74 Å². The summed E-state index contributed by atoms with van der Waals surface area (Å²) in [5, 5.41) is 8.97. The Morgan fingerprint density at radius 2 is 2.28 bits per heavy atom. The first-order valence-electron chi connectivity index (χ1n) is 6.20. The van der Waals surface area contributed by atoms with Crippen LogP contribution in [0, 0.1) is 11.3 Å². The highest BCUT2D eigenvalue weighted by molar-refractivity contribution is 7.99. The van der Waals surface area contributed by atoms with E-state index in [1.807, 2.05) is 23.9 Å². The fourth-order valence-corrected chi connectivity index (χ4v) is 3.09. The van der Waals surface area contributed by atoms with Crippen LogP contribution in [0.1, 0.15) is 17.5 Å². The molecule has 1 aromatic carbocycles. The van der Waals surface area contributed by atoms with Gasteiger partial charge in [0.2, 0.25) is 0 Å². The molecule has 1 aromatic rings. The summed E-state index contributed by atoms with van der Waals surface area (Å²) in [5.41, 5.74) is 1.82. The molecule has 1 saturated heterocycles. The number of hydrogen-bond donors (Lipinski definition) is 0. The Kier molecular flexibility index (Phi) is 4.91. The highest BCUT2D eigenvalue weighted by Crippen LogP contribution is 2.22. The van der Waals surface area contributed by atoms with Crippen LogP contribution in [0.5, 0.6) is 5.75 Å². The summed E-state index contributed by atoms with van der Waals surface area (Å²) in [6.45, 7) is 3.12.